The van der Waals surface area contributed by atoms with Crippen LogP contribution in [0.4, 0.5) is 5.82 Å². The van der Waals surface area contributed by atoms with Crippen LogP contribution in [0.3, 0.4) is 0 Å². The van der Waals surface area contributed by atoms with Crippen LogP contribution in [0.25, 0.3) is 11.0 Å². The normalized spacial score (nSPS) is 21.6. The number of aryl methyl sites for hydroxylation is 1. The van der Waals surface area contributed by atoms with Crippen molar-refractivity contribution < 1.29 is 16.8 Å². The average Bonchev–Trinajstić information content (AvgIpc) is 3.24. The molecule has 0 spiro atoms. The van der Waals surface area contributed by atoms with Gasteiger partial charge in [-0.25, -0.2) is 35.5 Å². The first-order valence-corrected chi connectivity index (χ1v) is 14.4. The lowest BCUT2D eigenvalue weighted by Crippen LogP contribution is -2.43. The van der Waals surface area contributed by atoms with Crippen molar-refractivity contribution in [3.05, 3.63) is 48.4 Å². The van der Waals surface area contributed by atoms with E-state index in [4.69, 9.17) is 0 Å². The van der Waals surface area contributed by atoms with E-state index in [9.17, 15) is 16.8 Å². The fourth-order valence-corrected chi connectivity index (χ4v) is 7.37. The monoisotopic (exact) mass is 505 g/mol. The molecule has 0 aliphatic heterocycles. The molecule has 1 N–H and O–H groups in total. The number of nitrogens with zero attached hydrogens (tertiary/aromatic N) is 4. The molecule has 1 aromatic carbocycles. The highest BCUT2D eigenvalue weighted by Crippen LogP contribution is 2.36. The van der Waals surface area contributed by atoms with E-state index >= 15 is 0 Å². The molecule has 34 heavy (non-hydrogen) atoms. The van der Waals surface area contributed by atoms with Crippen molar-refractivity contribution in [2.45, 2.75) is 44.0 Å². The highest BCUT2D eigenvalue weighted by molar-refractivity contribution is 7.90. The number of hydrogen-bond acceptors (Lipinski definition) is 7. The number of aromatic nitrogens is 3. The van der Waals surface area contributed by atoms with Crippen LogP contribution < -0.4 is 9.62 Å². The summed E-state index contributed by atoms with van der Waals surface area (Å²) in [5, 5.41) is 0.660. The zero-order valence-corrected chi connectivity index (χ0v) is 21.5. The SMILES string of the molecule is CNS(=O)(=O)CC1CCC(N(C)c2ncnc3c2ccn3S(=O)(=O)c2ccc(C)cc2)C(C)C1. The molecule has 184 valence electrons. The predicted molar refractivity (Wildman–Crippen MR) is 133 cm³/mol. The molecule has 1 fully saturated rings. The van der Waals surface area contributed by atoms with E-state index in [0.29, 0.717) is 16.9 Å². The Morgan fingerprint density at radius 3 is 2.44 bits per heavy atom. The van der Waals surface area contributed by atoms with E-state index in [1.807, 2.05) is 14.0 Å². The molecule has 1 aliphatic rings. The molecule has 3 aromatic rings. The summed E-state index contributed by atoms with van der Waals surface area (Å²) >= 11 is 0. The molecule has 0 radical (unpaired) electrons. The number of nitrogens with one attached hydrogen (secondary N) is 1. The van der Waals surface area contributed by atoms with Crippen LogP contribution in [-0.4, -0.2) is 56.7 Å². The lowest BCUT2D eigenvalue weighted by molar-refractivity contribution is 0.258. The Morgan fingerprint density at radius 1 is 1.09 bits per heavy atom. The van der Waals surface area contributed by atoms with Gasteiger partial charge in [-0.1, -0.05) is 24.6 Å². The van der Waals surface area contributed by atoms with E-state index in [0.717, 1.165) is 24.8 Å². The Bertz CT molecular complexity index is 1380. The van der Waals surface area contributed by atoms with Gasteiger partial charge in [0.2, 0.25) is 10.0 Å². The van der Waals surface area contributed by atoms with E-state index in [2.05, 4.69) is 26.5 Å². The van der Waals surface area contributed by atoms with Gasteiger partial charge in [-0.05, 0) is 63.3 Å². The minimum Gasteiger partial charge on any atom is -0.356 e. The zero-order chi connectivity index (χ0) is 24.7. The Kier molecular flexibility index (Phi) is 6.71. The summed E-state index contributed by atoms with van der Waals surface area (Å²) in [6.45, 7) is 4.04. The van der Waals surface area contributed by atoms with Gasteiger partial charge in [0, 0.05) is 19.3 Å². The summed E-state index contributed by atoms with van der Waals surface area (Å²) in [6, 6.07) is 8.63. The molecule has 9 nitrogen and oxygen atoms in total. The van der Waals surface area contributed by atoms with Gasteiger partial charge in [-0.3, -0.25) is 0 Å². The highest BCUT2D eigenvalue weighted by atomic mass is 32.2. The highest BCUT2D eigenvalue weighted by Gasteiger charge is 2.33. The van der Waals surface area contributed by atoms with Crippen molar-refractivity contribution in [1.29, 1.82) is 0 Å². The van der Waals surface area contributed by atoms with Crippen LogP contribution in [0.2, 0.25) is 0 Å². The summed E-state index contributed by atoms with van der Waals surface area (Å²) in [4.78, 5) is 11.1. The quantitative estimate of drug-likeness (QED) is 0.525. The third kappa shape index (κ3) is 4.69. The van der Waals surface area contributed by atoms with Gasteiger partial charge in [0.1, 0.15) is 12.1 Å². The van der Waals surface area contributed by atoms with Crippen molar-refractivity contribution in [3.63, 3.8) is 0 Å². The van der Waals surface area contributed by atoms with Crippen molar-refractivity contribution in [2.24, 2.45) is 11.8 Å². The number of fused-ring (bicyclic) bond motifs is 1. The van der Waals surface area contributed by atoms with Gasteiger partial charge in [0.05, 0.1) is 16.0 Å². The molecule has 2 aromatic heterocycles. The van der Waals surface area contributed by atoms with Crippen LogP contribution in [-0.2, 0) is 20.0 Å². The van der Waals surface area contributed by atoms with Crippen molar-refractivity contribution in [1.82, 2.24) is 18.7 Å². The molecule has 1 aliphatic carbocycles. The average molecular weight is 506 g/mol. The molecular formula is C23H31N5O4S2. The first kappa shape index (κ1) is 24.6. The summed E-state index contributed by atoms with van der Waals surface area (Å²) in [5.74, 6) is 1.17. The van der Waals surface area contributed by atoms with Gasteiger partial charge in [0.25, 0.3) is 10.0 Å². The van der Waals surface area contributed by atoms with Crippen molar-refractivity contribution in [3.8, 4) is 0 Å². The number of sulfonamides is 1. The second-order valence-corrected chi connectivity index (χ2v) is 13.0. The summed E-state index contributed by atoms with van der Waals surface area (Å²) in [5.41, 5.74) is 1.31. The molecule has 0 bridgehead atoms. The van der Waals surface area contributed by atoms with Gasteiger partial charge < -0.3 is 4.90 Å². The third-order valence-corrected chi connectivity index (χ3v) is 10.0. The number of anilines is 1. The summed E-state index contributed by atoms with van der Waals surface area (Å²) < 4.78 is 54.1. The third-order valence-electron chi connectivity index (χ3n) is 6.84. The molecular weight excluding hydrogens is 474 g/mol. The first-order valence-electron chi connectivity index (χ1n) is 11.3. The molecule has 2 heterocycles. The largest absolute Gasteiger partial charge is 0.356 e. The van der Waals surface area contributed by atoms with Crippen molar-refractivity contribution in [2.75, 3.05) is 24.7 Å². The van der Waals surface area contributed by atoms with Gasteiger partial charge in [-0.2, -0.15) is 0 Å². The van der Waals surface area contributed by atoms with E-state index in [1.54, 1.807) is 30.3 Å². The molecule has 4 rings (SSSR count). The predicted octanol–water partition coefficient (Wildman–Crippen LogP) is 2.77. The van der Waals surface area contributed by atoms with Crippen LogP contribution in [0.15, 0.2) is 47.8 Å². The van der Waals surface area contributed by atoms with E-state index in [-0.39, 0.29) is 28.5 Å². The Balaban J connectivity index is 1.61. The topological polar surface area (TPSA) is 114 Å². The van der Waals surface area contributed by atoms with Gasteiger partial charge >= 0.3 is 0 Å². The van der Waals surface area contributed by atoms with Crippen LogP contribution >= 0.6 is 0 Å². The number of hydrogen-bond donors (Lipinski definition) is 1. The standard InChI is InChI=1S/C23H31N5O4S2/c1-16-5-8-19(9-6-16)34(31,32)28-12-11-20-22(25-15-26-23(20)28)27(4)21-10-7-18(13-17(21)2)14-33(29,30)24-3/h5-6,8-9,11-12,15,17-18,21,24H,7,10,13-14H2,1-4H3. The summed E-state index contributed by atoms with van der Waals surface area (Å²) in [6.07, 6.45) is 5.35. The smallest absolute Gasteiger partial charge is 0.269 e. The second kappa shape index (κ2) is 9.27. The number of rotatable bonds is 7. The molecule has 0 saturated heterocycles. The fourth-order valence-electron chi connectivity index (χ4n) is 4.98. The number of benzene rings is 1. The molecule has 3 unspecified atom stereocenters. The Labute approximate surface area is 201 Å². The fraction of sp³-hybridized carbons (Fsp3) is 0.478. The molecule has 11 heteroatoms. The molecule has 1 saturated carbocycles. The zero-order valence-electron chi connectivity index (χ0n) is 19.8. The van der Waals surface area contributed by atoms with Gasteiger partial charge in [-0.15, -0.1) is 0 Å². The second-order valence-electron chi connectivity index (χ2n) is 9.18. The van der Waals surface area contributed by atoms with E-state index in [1.165, 1.54) is 23.5 Å². The lowest BCUT2D eigenvalue weighted by Gasteiger charge is -2.40. The van der Waals surface area contributed by atoms with Crippen LogP contribution in [0, 0.1) is 18.8 Å². The summed E-state index contributed by atoms with van der Waals surface area (Å²) in [7, 11) is -3.64. The minimum absolute atomic E-state index is 0.114. The lowest BCUT2D eigenvalue weighted by atomic mass is 9.79. The van der Waals surface area contributed by atoms with E-state index < -0.39 is 20.0 Å². The Morgan fingerprint density at radius 2 is 1.79 bits per heavy atom. The molecule has 0 amide bonds. The van der Waals surface area contributed by atoms with Crippen LogP contribution in [0.1, 0.15) is 31.7 Å². The van der Waals surface area contributed by atoms with Crippen LogP contribution in [0.5, 0.6) is 0 Å². The minimum atomic E-state index is -3.80. The maximum absolute atomic E-state index is 13.3. The first-order chi connectivity index (χ1) is 16.0. The van der Waals surface area contributed by atoms with Crippen molar-refractivity contribution >= 4 is 36.9 Å². The maximum Gasteiger partial charge on any atom is 0.269 e. The van der Waals surface area contributed by atoms with Gasteiger partial charge in [0.15, 0.2) is 5.65 Å². The maximum atomic E-state index is 13.3. The Hall–Kier alpha value is -2.50. The molecule has 3 atom stereocenters.